The van der Waals surface area contributed by atoms with Crippen molar-refractivity contribution in [1.82, 2.24) is 4.90 Å². The van der Waals surface area contributed by atoms with E-state index in [0.717, 1.165) is 19.6 Å². The number of hydrogen-bond donors (Lipinski definition) is 0. The quantitative estimate of drug-likeness (QED) is 0.756. The second-order valence-electron chi connectivity index (χ2n) is 4.34. The van der Waals surface area contributed by atoms with E-state index in [-0.39, 0.29) is 5.92 Å². The Morgan fingerprint density at radius 3 is 2.44 bits per heavy atom. The van der Waals surface area contributed by atoms with E-state index < -0.39 is 0 Å². The summed E-state index contributed by atoms with van der Waals surface area (Å²) in [5.74, 6) is 0.102. The SMILES string of the molecule is CCN(Cc1ccc(C)cc1)CC(C)C#N. The Morgan fingerprint density at radius 1 is 1.31 bits per heavy atom. The molecule has 0 aromatic heterocycles. The van der Waals surface area contributed by atoms with E-state index in [1.54, 1.807) is 0 Å². The number of benzene rings is 1. The van der Waals surface area contributed by atoms with Gasteiger partial charge in [0, 0.05) is 13.1 Å². The number of rotatable bonds is 5. The van der Waals surface area contributed by atoms with Gasteiger partial charge in [0.1, 0.15) is 0 Å². The van der Waals surface area contributed by atoms with Gasteiger partial charge in [-0.1, -0.05) is 36.8 Å². The van der Waals surface area contributed by atoms with Gasteiger partial charge in [-0.05, 0) is 26.0 Å². The summed E-state index contributed by atoms with van der Waals surface area (Å²) < 4.78 is 0. The Balaban J connectivity index is 2.56. The smallest absolute Gasteiger partial charge is 0.0666 e. The Kier molecular flexibility index (Phi) is 5.01. The van der Waals surface area contributed by atoms with Crippen molar-refractivity contribution in [3.8, 4) is 6.07 Å². The number of aryl methyl sites for hydroxylation is 1. The van der Waals surface area contributed by atoms with Gasteiger partial charge in [0.15, 0.2) is 0 Å². The van der Waals surface area contributed by atoms with Crippen LogP contribution in [0, 0.1) is 24.2 Å². The Morgan fingerprint density at radius 2 is 1.94 bits per heavy atom. The highest BCUT2D eigenvalue weighted by molar-refractivity contribution is 5.21. The molecule has 1 aromatic carbocycles. The maximum atomic E-state index is 8.80. The fraction of sp³-hybridized carbons (Fsp3) is 0.500. The van der Waals surface area contributed by atoms with Gasteiger partial charge >= 0.3 is 0 Å². The monoisotopic (exact) mass is 216 g/mol. The molecule has 0 radical (unpaired) electrons. The molecule has 0 fully saturated rings. The third-order valence-corrected chi connectivity index (χ3v) is 2.73. The zero-order valence-electron chi connectivity index (χ0n) is 10.4. The molecule has 0 saturated heterocycles. The average Bonchev–Trinajstić information content (AvgIpc) is 2.30. The predicted octanol–water partition coefficient (Wildman–Crippen LogP) is 2.98. The summed E-state index contributed by atoms with van der Waals surface area (Å²) in [5, 5.41) is 8.80. The predicted molar refractivity (Wildman–Crippen MR) is 66.9 cm³/mol. The lowest BCUT2D eigenvalue weighted by molar-refractivity contribution is 0.260. The first-order valence-corrected chi connectivity index (χ1v) is 5.83. The van der Waals surface area contributed by atoms with Crippen LogP contribution >= 0.6 is 0 Å². The van der Waals surface area contributed by atoms with E-state index in [1.165, 1.54) is 11.1 Å². The lowest BCUT2D eigenvalue weighted by Crippen LogP contribution is -2.27. The molecular formula is C14H20N2. The van der Waals surface area contributed by atoms with Gasteiger partial charge in [-0.2, -0.15) is 5.26 Å². The van der Waals surface area contributed by atoms with Crippen molar-refractivity contribution in [2.24, 2.45) is 5.92 Å². The van der Waals surface area contributed by atoms with Gasteiger partial charge in [-0.25, -0.2) is 0 Å². The van der Waals surface area contributed by atoms with E-state index in [0.29, 0.717) is 0 Å². The summed E-state index contributed by atoms with van der Waals surface area (Å²) in [6, 6.07) is 10.9. The zero-order chi connectivity index (χ0) is 12.0. The van der Waals surface area contributed by atoms with Crippen LogP contribution in [0.4, 0.5) is 0 Å². The zero-order valence-corrected chi connectivity index (χ0v) is 10.4. The topological polar surface area (TPSA) is 27.0 Å². The molecule has 0 aliphatic rings. The Hall–Kier alpha value is -1.33. The largest absolute Gasteiger partial charge is 0.298 e. The van der Waals surface area contributed by atoms with Crippen molar-refractivity contribution in [2.75, 3.05) is 13.1 Å². The molecule has 2 heteroatoms. The van der Waals surface area contributed by atoms with Crippen LogP contribution in [0.15, 0.2) is 24.3 Å². The third-order valence-electron chi connectivity index (χ3n) is 2.73. The summed E-state index contributed by atoms with van der Waals surface area (Å²) in [6.45, 7) is 8.97. The highest BCUT2D eigenvalue weighted by Crippen LogP contribution is 2.08. The van der Waals surface area contributed by atoms with Gasteiger partial charge in [0.05, 0.1) is 12.0 Å². The van der Waals surface area contributed by atoms with E-state index in [4.69, 9.17) is 5.26 Å². The molecule has 2 nitrogen and oxygen atoms in total. The van der Waals surface area contributed by atoms with Crippen molar-refractivity contribution in [3.05, 3.63) is 35.4 Å². The Bertz CT molecular complexity index is 348. The van der Waals surface area contributed by atoms with Crippen molar-refractivity contribution >= 4 is 0 Å². The molecule has 16 heavy (non-hydrogen) atoms. The van der Waals surface area contributed by atoms with E-state index in [1.807, 2.05) is 6.92 Å². The fourth-order valence-electron chi connectivity index (χ4n) is 1.69. The number of hydrogen-bond acceptors (Lipinski definition) is 2. The first kappa shape index (κ1) is 12.7. The molecular weight excluding hydrogens is 196 g/mol. The summed E-state index contributed by atoms with van der Waals surface area (Å²) in [7, 11) is 0. The molecule has 1 aromatic rings. The molecule has 0 spiro atoms. The van der Waals surface area contributed by atoms with Crippen LogP contribution in [0.25, 0.3) is 0 Å². The minimum atomic E-state index is 0.102. The van der Waals surface area contributed by atoms with E-state index in [9.17, 15) is 0 Å². The van der Waals surface area contributed by atoms with E-state index >= 15 is 0 Å². The maximum Gasteiger partial charge on any atom is 0.0666 e. The van der Waals surface area contributed by atoms with Crippen molar-refractivity contribution in [3.63, 3.8) is 0 Å². The van der Waals surface area contributed by atoms with Crippen LogP contribution in [-0.2, 0) is 6.54 Å². The van der Waals surface area contributed by atoms with Crippen molar-refractivity contribution in [2.45, 2.75) is 27.3 Å². The van der Waals surface area contributed by atoms with Crippen molar-refractivity contribution in [1.29, 1.82) is 5.26 Å². The molecule has 0 amide bonds. The molecule has 0 heterocycles. The third kappa shape index (κ3) is 4.04. The van der Waals surface area contributed by atoms with Gasteiger partial charge in [-0.15, -0.1) is 0 Å². The molecule has 0 N–H and O–H groups in total. The highest BCUT2D eigenvalue weighted by Gasteiger charge is 2.08. The minimum Gasteiger partial charge on any atom is -0.298 e. The molecule has 0 saturated carbocycles. The standard InChI is InChI=1S/C14H20N2/c1-4-16(10-13(3)9-15)11-14-7-5-12(2)6-8-14/h5-8,13H,4,10-11H2,1-3H3. The number of nitriles is 1. The van der Waals surface area contributed by atoms with E-state index in [2.05, 4.69) is 49.1 Å². The van der Waals surface area contributed by atoms with Gasteiger partial charge < -0.3 is 0 Å². The van der Waals surface area contributed by atoms with Crippen LogP contribution in [0.2, 0.25) is 0 Å². The molecule has 0 bridgehead atoms. The summed E-state index contributed by atoms with van der Waals surface area (Å²) in [4.78, 5) is 2.30. The first-order chi connectivity index (χ1) is 7.65. The second kappa shape index (κ2) is 6.30. The van der Waals surface area contributed by atoms with Gasteiger partial charge in [-0.3, -0.25) is 4.90 Å². The average molecular weight is 216 g/mol. The fourth-order valence-corrected chi connectivity index (χ4v) is 1.69. The number of nitrogens with zero attached hydrogens (tertiary/aromatic N) is 2. The molecule has 1 unspecified atom stereocenters. The molecule has 1 rings (SSSR count). The molecule has 0 aliphatic carbocycles. The lowest BCUT2D eigenvalue weighted by Gasteiger charge is -2.21. The van der Waals surface area contributed by atoms with Crippen LogP contribution < -0.4 is 0 Å². The molecule has 0 aliphatic heterocycles. The van der Waals surface area contributed by atoms with Gasteiger partial charge in [0.25, 0.3) is 0 Å². The minimum absolute atomic E-state index is 0.102. The summed E-state index contributed by atoms with van der Waals surface area (Å²) in [5.41, 5.74) is 2.61. The van der Waals surface area contributed by atoms with Crippen LogP contribution in [0.5, 0.6) is 0 Å². The van der Waals surface area contributed by atoms with Crippen LogP contribution in [0.1, 0.15) is 25.0 Å². The second-order valence-corrected chi connectivity index (χ2v) is 4.34. The maximum absolute atomic E-state index is 8.80. The van der Waals surface area contributed by atoms with Gasteiger partial charge in [0.2, 0.25) is 0 Å². The lowest BCUT2D eigenvalue weighted by atomic mass is 10.1. The summed E-state index contributed by atoms with van der Waals surface area (Å²) in [6.07, 6.45) is 0. The molecule has 86 valence electrons. The van der Waals surface area contributed by atoms with Crippen LogP contribution in [-0.4, -0.2) is 18.0 Å². The van der Waals surface area contributed by atoms with Crippen molar-refractivity contribution < 1.29 is 0 Å². The Labute approximate surface area is 98.5 Å². The first-order valence-electron chi connectivity index (χ1n) is 5.83. The highest BCUT2D eigenvalue weighted by atomic mass is 15.1. The van der Waals surface area contributed by atoms with Crippen LogP contribution in [0.3, 0.4) is 0 Å². The summed E-state index contributed by atoms with van der Waals surface area (Å²) >= 11 is 0. The normalized spacial score (nSPS) is 12.4. The molecule has 1 atom stereocenters.